The van der Waals surface area contributed by atoms with Crippen molar-refractivity contribution in [1.82, 2.24) is 4.98 Å². The van der Waals surface area contributed by atoms with Gasteiger partial charge in [0.1, 0.15) is 0 Å². The van der Waals surface area contributed by atoms with E-state index in [0.29, 0.717) is 22.6 Å². The number of nitrogens with zero attached hydrogens (tertiary/aromatic N) is 1. The van der Waals surface area contributed by atoms with Crippen molar-refractivity contribution in [2.24, 2.45) is 0 Å². The third-order valence-electron chi connectivity index (χ3n) is 1.82. The van der Waals surface area contributed by atoms with Gasteiger partial charge in [-0.25, -0.2) is 9.78 Å². The van der Waals surface area contributed by atoms with Crippen molar-refractivity contribution in [3.63, 3.8) is 0 Å². The summed E-state index contributed by atoms with van der Waals surface area (Å²) >= 11 is 0. The number of nitrogen functional groups attached to an aromatic ring is 1. The number of carbonyl (C=O) groups excluding carboxylic acids is 1. The smallest absolute Gasteiger partial charge is 0.357 e. The van der Waals surface area contributed by atoms with Gasteiger partial charge >= 0.3 is 5.97 Å². The quantitative estimate of drug-likeness (QED) is 0.656. The van der Waals surface area contributed by atoms with Crippen LogP contribution in [0.5, 0.6) is 0 Å². The highest BCUT2D eigenvalue weighted by atomic mass is 16.5. The van der Waals surface area contributed by atoms with Crippen LogP contribution in [0.3, 0.4) is 0 Å². The Morgan fingerprint density at radius 3 is 2.69 bits per heavy atom. The van der Waals surface area contributed by atoms with Gasteiger partial charge in [0.15, 0.2) is 5.69 Å². The predicted molar refractivity (Wildman–Crippen MR) is 49.5 cm³/mol. The largest absolute Gasteiger partial charge is 0.464 e. The van der Waals surface area contributed by atoms with Gasteiger partial charge in [-0.15, -0.1) is 0 Å². The molecule has 0 atom stereocenters. The van der Waals surface area contributed by atoms with Gasteiger partial charge in [-0.3, -0.25) is 0 Å². The minimum Gasteiger partial charge on any atom is -0.464 e. The van der Waals surface area contributed by atoms with Crippen LogP contribution >= 0.6 is 0 Å². The fourth-order valence-electron chi connectivity index (χ4n) is 1.06. The number of ether oxygens (including phenoxy) is 1. The number of methoxy groups -OCH3 is 1. The minimum atomic E-state index is -0.451. The van der Waals surface area contributed by atoms with Gasteiger partial charge in [0, 0.05) is 16.9 Å². The van der Waals surface area contributed by atoms with Gasteiger partial charge in [-0.2, -0.15) is 0 Å². The number of nitrogens with two attached hydrogens (primary N) is 1. The van der Waals surface area contributed by atoms with E-state index >= 15 is 0 Å². The maximum Gasteiger partial charge on any atom is 0.357 e. The fraction of sp³-hybridized carbons (Fsp3) is 0.333. The standard InChI is InChI=1S/C9H12N2O2/c1-5-4-7(10)6(2)8(11-5)9(12)13-3/h4H,1-3H3,(H2,10,11). The highest BCUT2D eigenvalue weighted by molar-refractivity contribution is 5.90. The van der Waals surface area contributed by atoms with Gasteiger partial charge in [0.2, 0.25) is 0 Å². The molecule has 1 aromatic rings. The van der Waals surface area contributed by atoms with E-state index in [9.17, 15) is 4.79 Å². The molecule has 4 heteroatoms. The van der Waals surface area contributed by atoms with Crippen LogP contribution in [0, 0.1) is 13.8 Å². The van der Waals surface area contributed by atoms with Gasteiger partial charge in [0.05, 0.1) is 7.11 Å². The fourth-order valence-corrected chi connectivity index (χ4v) is 1.06. The zero-order valence-electron chi connectivity index (χ0n) is 7.92. The van der Waals surface area contributed by atoms with Gasteiger partial charge in [0.25, 0.3) is 0 Å². The lowest BCUT2D eigenvalue weighted by Gasteiger charge is -2.06. The highest BCUT2D eigenvalue weighted by Crippen LogP contribution is 2.15. The minimum absolute atomic E-state index is 0.292. The second-order valence-electron chi connectivity index (χ2n) is 2.82. The zero-order chi connectivity index (χ0) is 10.0. The van der Waals surface area contributed by atoms with E-state index in [1.165, 1.54) is 7.11 Å². The summed E-state index contributed by atoms with van der Waals surface area (Å²) in [5, 5.41) is 0. The Hall–Kier alpha value is -1.58. The molecule has 0 saturated carbocycles. The topological polar surface area (TPSA) is 65.2 Å². The predicted octanol–water partition coefficient (Wildman–Crippen LogP) is 1.07. The molecule has 2 N–H and O–H groups in total. The number of hydrogen-bond donors (Lipinski definition) is 1. The van der Waals surface area contributed by atoms with Crippen molar-refractivity contribution in [1.29, 1.82) is 0 Å². The van der Waals surface area contributed by atoms with E-state index in [1.54, 1.807) is 19.9 Å². The molecular weight excluding hydrogens is 168 g/mol. The number of hydrogen-bond acceptors (Lipinski definition) is 4. The Bertz CT molecular complexity index is 348. The van der Waals surface area contributed by atoms with Crippen LogP contribution in [0.1, 0.15) is 21.7 Å². The maximum absolute atomic E-state index is 11.2. The van der Waals surface area contributed by atoms with Crippen LogP contribution in [-0.4, -0.2) is 18.1 Å². The van der Waals surface area contributed by atoms with Crippen molar-refractivity contribution in [2.75, 3.05) is 12.8 Å². The molecule has 1 heterocycles. The van der Waals surface area contributed by atoms with E-state index in [0.717, 1.165) is 0 Å². The van der Waals surface area contributed by atoms with Crippen molar-refractivity contribution >= 4 is 11.7 Å². The average Bonchev–Trinajstić information content (AvgIpc) is 2.10. The summed E-state index contributed by atoms with van der Waals surface area (Å²) in [4.78, 5) is 15.2. The van der Waals surface area contributed by atoms with Gasteiger partial charge in [-0.05, 0) is 19.9 Å². The summed E-state index contributed by atoms with van der Waals surface area (Å²) in [6.07, 6.45) is 0. The van der Waals surface area contributed by atoms with Crippen LogP contribution in [-0.2, 0) is 4.74 Å². The van der Waals surface area contributed by atoms with E-state index in [1.807, 2.05) is 0 Å². The Kier molecular flexibility index (Phi) is 2.51. The van der Waals surface area contributed by atoms with Crippen molar-refractivity contribution in [3.8, 4) is 0 Å². The number of aromatic nitrogens is 1. The van der Waals surface area contributed by atoms with Crippen molar-refractivity contribution in [2.45, 2.75) is 13.8 Å². The molecule has 0 fully saturated rings. The molecular formula is C9H12N2O2. The first-order valence-electron chi connectivity index (χ1n) is 3.88. The number of rotatable bonds is 1. The summed E-state index contributed by atoms with van der Waals surface area (Å²) in [6, 6.07) is 1.72. The molecule has 0 saturated heterocycles. The molecule has 0 radical (unpaired) electrons. The molecule has 4 nitrogen and oxygen atoms in total. The molecule has 1 aromatic heterocycles. The number of pyridine rings is 1. The Morgan fingerprint density at radius 1 is 1.54 bits per heavy atom. The maximum atomic E-state index is 11.2. The second kappa shape index (κ2) is 3.43. The lowest BCUT2D eigenvalue weighted by molar-refractivity contribution is 0.0593. The van der Waals surface area contributed by atoms with Crippen LogP contribution in [0.25, 0.3) is 0 Å². The third-order valence-corrected chi connectivity index (χ3v) is 1.82. The van der Waals surface area contributed by atoms with E-state index in [2.05, 4.69) is 9.72 Å². The van der Waals surface area contributed by atoms with Gasteiger partial charge in [-0.1, -0.05) is 0 Å². The molecule has 13 heavy (non-hydrogen) atoms. The second-order valence-corrected chi connectivity index (χ2v) is 2.82. The first-order chi connectivity index (χ1) is 6.06. The number of aryl methyl sites for hydroxylation is 1. The SMILES string of the molecule is COC(=O)c1nc(C)cc(N)c1C. The van der Waals surface area contributed by atoms with Crippen molar-refractivity contribution < 1.29 is 9.53 Å². The number of esters is 1. The van der Waals surface area contributed by atoms with E-state index in [4.69, 9.17) is 5.73 Å². The zero-order valence-corrected chi connectivity index (χ0v) is 7.92. The van der Waals surface area contributed by atoms with Gasteiger partial charge < -0.3 is 10.5 Å². The number of anilines is 1. The molecule has 0 amide bonds. The van der Waals surface area contributed by atoms with Crippen LogP contribution < -0.4 is 5.73 Å². The molecule has 0 unspecified atom stereocenters. The molecule has 0 bridgehead atoms. The van der Waals surface area contributed by atoms with E-state index < -0.39 is 5.97 Å². The normalized spacial score (nSPS) is 9.77. The molecule has 0 spiro atoms. The summed E-state index contributed by atoms with van der Waals surface area (Å²) in [5.74, 6) is -0.451. The summed E-state index contributed by atoms with van der Waals surface area (Å²) in [6.45, 7) is 3.52. The summed E-state index contributed by atoms with van der Waals surface area (Å²) in [5.41, 5.74) is 7.90. The molecule has 0 aliphatic rings. The monoisotopic (exact) mass is 180 g/mol. The molecule has 0 aliphatic carbocycles. The highest BCUT2D eigenvalue weighted by Gasteiger charge is 2.13. The first-order valence-corrected chi connectivity index (χ1v) is 3.88. The molecule has 1 rings (SSSR count). The Balaban J connectivity index is 3.28. The van der Waals surface area contributed by atoms with Crippen LogP contribution in [0.4, 0.5) is 5.69 Å². The van der Waals surface area contributed by atoms with E-state index in [-0.39, 0.29) is 0 Å². The Labute approximate surface area is 76.7 Å². The van der Waals surface area contributed by atoms with Crippen LogP contribution in [0.2, 0.25) is 0 Å². The summed E-state index contributed by atoms with van der Waals surface area (Å²) < 4.78 is 4.57. The molecule has 0 aliphatic heterocycles. The van der Waals surface area contributed by atoms with Crippen molar-refractivity contribution in [3.05, 3.63) is 23.0 Å². The summed E-state index contributed by atoms with van der Waals surface area (Å²) in [7, 11) is 1.32. The molecule has 0 aromatic carbocycles. The van der Waals surface area contributed by atoms with Crippen LogP contribution in [0.15, 0.2) is 6.07 Å². The third kappa shape index (κ3) is 1.77. The number of carbonyl (C=O) groups is 1. The molecule has 70 valence electrons. The lowest BCUT2D eigenvalue weighted by Crippen LogP contribution is -2.09. The lowest BCUT2D eigenvalue weighted by atomic mass is 10.1. The first kappa shape index (κ1) is 9.51. The Morgan fingerprint density at radius 2 is 2.15 bits per heavy atom. The average molecular weight is 180 g/mol.